The van der Waals surface area contributed by atoms with Crippen LogP contribution in [0.4, 0.5) is 0 Å². The molecule has 0 atom stereocenters. The van der Waals surface area contributed by atoms with Crippen molar-refractivity contribution in [2.75, 3.05) is 14.2 Å². The Bertz CT molecular complexity index is 2540. The first-order valence-corrected chi connectivity index (χ1v) is 23.0. The molecule has 6 aromatic rings. The van der Waals surface area contributed by atoms with Crippen molar-refractivity contribution in [1.29, 1.82) is 0 Å². The predicted octanol–water partition coefficient (Wildman–Crippen LogP) is 11.6. The summed E-state index contributed by atoms with van der Waals surface area (Å²) >= 11 is 13.7. The van der Waals surface area contributed by atoms with Crippen LogP contribution in [-0.2, 0) is 32.9 Å². The third kappa shape index (κ3) is 9.32. The van der Waals surface area contributed by atoms with E-state index in [0.717, 1.165) is 31.5 Å². The van der Waals surface area contributed by atoms with Crippen molar-refractivity contribution in [3.8, 4) is 11.3 Å². The molecule has 62 heavy (non-hydrogen) atoms. The molecule has 0 radical (unpaired) electrons. The number of hydrogen-bond donors (Lipinski definition) is 0. The lowest BCUT2D eigenvalue weighted by atomic mass is 9.77. The molecule has 9 rings (SSSR count). The molecule has 1 aliphatic heterocycles. The molecule has 326 valence electrons. The van der Waals surface area contributed by atoms with Crippen molar-refractivity contribution in [1.82, 2.24) is 19.1 Å². The second-order valence-corrected chi connectivity index (χ2v) is 19.4. The maximum absolute atomic E-state index is 12.1. The van der Waals surface area contributed by atoms with E-state index in [-0.39, 0.29) is 11.9 Å². The molecule has 3 fully saturated rings. The Labute approximate surface area is 388 Å². The number of carbonyl (C=O) groups is 2. The van der Waals surface area contributed by atoms with Crippen LogP contribution >= 0.6 is 45.8 Å². The largest absolute Gasteiger partial charge is 0.512 e. The van der Waals surface area contributed by atoms with E-state index < -0.39 is 18.3 Å². The zero-order valence-corrected chi connectivity index (χ0v) is 40.4. The van der Waals surface area contributed by atoms with Crippen molar-refractivity contribution in [3.63, 3.8) is 0 Å². The molecular formula is C48H54BCl2IN4O6. The maximum atomic E-state index is 12.1. The number of fused-ring (bicyclic) bond motifs is 2. The van der Waals surface area contributed by atoms with Gasteiger partial charge in [0.15, 0.2) is 0 Å². The number of nitrogens with zero attached hydrogens (tertiary/aromatic N) is 4. The van der Waals surface area contributed by atoms with Gasteiger partial charge in [-0.1, -0.05) is 61.0 Å². The summed E-state index contributed by atoms with van der Waals surface area (Å²) in [5, 5.41) is 3.43. The first-order valence-electron chi connectivity index (χ1n) is 21.2. The van der Waals surface area contributed by atoms with Gasteiger partial charge in [0.2, 0.25) is 0 Å². The van der Waals surface area contributed by atoms with Gasteiger partial charge >= 0.3 is 19.1 Å². The standard InChI is InChI=1S/C22H30BNO4.C21H21ClN2O2.C5H3ClIN/c1-21(2)22(3,4)28-23(27-21)19-18(14-9-7-8-10-14)16-12-11-15(20(25)26-6)13-17(16)24(19)5;1-24-17-11-14(21(25)26-2)7-9-16(17)19(13-5-3-4-6-13)20(24)15-8-10-18(22)23-12-15;6-5-2-1-4(7)3-8-5/h11-14H,7-10H2,1-6H3;7-13H,3-6H2,1-2H3;1-3H. The molecule has 10 nitrogen and oxygen atoms in total. The highest BCUT2D eigenvalue weighted by molar-refractivity contribution is 14.1. The van der Waals surface area contributed by atoms with E-state index in [0.29, 0.717) is 33.3 Å². The topological polar surface area (TPSA) is 107 Å². The first kappa shape index (κ1) is 46.1. The summed E-state index contributed by atoms with van der Waals surface area (Å²) in [4.78, 5) is 32.1. The number of aryl methyl sites for hydroxylation is 2. The SMILES string of the molecule is COC(=O)c1ccc2c(C3CCCC3)c(-c3ccc(Cl)nc3)n(C)c2c1.COC(=O)c1ccc2c(C3CCCC3)c(B3OC(C)(C)C(C)(C)O3)n(C)c2c1.Clc1ccc(I)cn1. The van der Waals surface area contributed by atoms with E-state index in [9.17, 15) is 9.59 Å². The van der Waals surface area contributed by atoms with Crippen molar-refractivity contribution < 1.29 is 28.4 Å². The summed E-state index contributed by atoms with van der Waals surface area (Å²) in [7, 11) is 6.50. The normalized spacial score (nSPS) is 17.2. The van der Waals surface area contributed by atoms with E-state index in [1.54, 1.807) is 12.3 Å². The number of pyridine rings is 2. The lowest BCUT2D eigenvalue weighted by molar-refractivity contribution is 0.00578. The Morgan fingerprint density at radius 1 is 0.694 bits per heavy atom. The fraction of sp³-hybridized carbons (Fsp3) is 0.417. The highest BCUT2D eigenvalue weighted by Gasteiger charge is 2.54. The zero-order valence-electron chi connectivity index (χ0n) is 36.7. The summed E-state index contributed by atoms with van der Waals surface area (Å²) in [6.07, 6.45) is 13.4. The summed E-state index contributed by atoms with van der Waals surface area (Å²) in [5.41, 5.74) is 8.40. The molecule has 2 aliphatic carbocycles. The number of hydrogen-bond acceptors (Lipinski definition) is 8. The third-order valence-electron chi connectivity index (χ3n) is 13.1. The first-order chi connectivity index (χ1) is 29.5. The Morgan fingerprint density at radius 3 is 1.61 bits per heavy atom. The minimum absolute atomic E-state index is 0.315. The Hall–Kier alpha value is -3.95. The van der Waals surface area contributed by atoms with Crippen LogP contribution in [0.5, 0.6) is 0 Å². The molecular weight excluding hydrogens is 937 g/mol. The van der Waals surface area contributed by atoms with Gasteiger partial charge in [0.25, 0.3) is 0 Å². The molecule has 0 amide bonds. The molecule has 2 saturated carbocycles. The van der Waals surface area contributed by atoms with Gasteiger partial charge in [0.1, 0.15) is 10.3 Å². The highest BCUT2D eigenvalue weighted by Crippen LogP contribution is 2.45. The molecule has 0 unspecified atom stereocenters. The number of esters is 2. The number of benzene rings is 2. The van der Waals surface area contributed by atoms with Crippen molar-refractivity contribution in [2.24, 2.45) is 14.1 Å². The number of halogens is 3. The van der Waals surface area contributed by atoms with Crippen molar-refractivity contribution >= 4 is 92.2 Å². The lowest BCUT2D eigenvalue weighted by Crippen LogP contribution is -2.41. The van der Waals surface area contributed by atoms with Crippen LogP contribution in [0.1, 0.15) is 123 Å². The van der Waals surface area contributed by atoms with Gasteiger partial charge in [-0.2, -0.15) is 0 Å². The van der Waals surface area contributed by atoms with E-state index in [4.69, 9.17) is 42.0 Å². The minimum Gasteiger partial charge on any atom is -0.465 e. The molecule has 5 heterocycles. The van der Waals surface area contributed by atoms with Crippen molar-refractivity contribution in [2.45, 2.75) is 102 Å². The minimum atomic E-state index is -0.417. The van der Waals surface area contributed by atoms with E-state index >= 15 is 0 Å². The van der Waals surface area contributed by atoms with Crippen LogP contribution in [0.25, 0.3) is 33.1 Å². The van der Waals surface area contributed by atoms with Crippen LogP contribution in [0.3, 0.4) is 0 Å². The van der Waals surface area contributed by atoms with Crippen LogP contribution < -0.4 is 5.59 Å². The van der Waals surface area contributed by atoms with Gasteiger partial charge in [0.05, 0.1) is 47.8 Å². The monoisotopic (exact) mass is 990 g/mol. The number of carbonyl (C=O) groups excluding carboxylic acids is 2. The third-order valence-corrected chi connectivity index (χ3v) is 14.1. The van der Waals surface area contributed by atoms with Gasteiger partial charge in [-0.3, -0.25) is 0 Å². The van der Waals surface area contributed by atoms with Gasteiger partial charge in [-0.25, -0.2) is 19.6 Å². The second kappa shape index (κ2) is 19.0. The Kier molecular flexibility index (Phi) is 14.1. The van der Waals surface area contributed by atoms with Gasteiger partial charge in [-0.15, -0.1) is 0 Å². The van der Waals surface area contributed by atoms with Crippen LogP contribution in [0, 0.1) is 3.57 Å². The summed E-state index contributed by atoms with van der Waals surface area (Å²) < 4.78 is 28.1. The quantitative estimate of drug-likeness (QED) is 0.0703. The van der Waals surface area contributed by atoms with Gasteiger partial charge in [0, 0.05) is 57.4 Å². The molecule has 0 bridgehead atoms. The lowest BCUT2D eigenvalue weighted by Gasteiger charge is -2.32. The molecule has 3 aliphatic rings. The molecule has 14 heteroatoms. The van der Waals surface area contributed by atoms with E-state index in [2.05, 4.69) is 81.5 Å². The average molecular weight is 992 g/mol. The Balaban J connectivity index is 0.000000159. The molecule has 4 aromatic heterocycles. The fourth-order valence-electron chi connectivity index (χ4n) is 9.17. The molecule has 0 N–H and O–H groups in total. The maximum Gasteiger partial charge on any atom is 0.512 e. The van der Waals surface area contributed by atoms with Crippen LogP contribution in [-0.4, -0.2) is 63.6 Å². The Morgan fingerprint density at radius 2 is 1.16 bits per heavy atom. The predicted molar refractivity (Wildman–Crippen MR) is 257 cm³/mol. The van der Waals surface area contributed by atoms with Crippen LogP contribution in [0.15, 0.2) is 73.1 Å². The highest BCUT2D eigenvalue weighted by atomic mass is 127. The molecule has 2 aromatic carbocycles. The number of rotatable bonds is 6. The zero-order chi connectivity index (χ0) is 44.5. The van der Waals surface area contributed by atoms with Crippen molar-refractivity contribution in [3.05, 3.63) is 109 Å². The van der Waals surface area contributed by atoms with Gasteiger partial charge in [-0.05, 0) is 147 Å². The van der Waals surface area contributed by atoms with Gasteiger partial charge < -0.3 is 27.9 Å². The van der Waals surface area contributed by atoms with E-state index in [1.165, 1.54) is 87.5 Å². The number of ether oxygens (including phenoxy) is 2. The number of methoxy groups -OCH3 is 2. The fourth-order valence-corrected chi connectivity index (χ4v) is 9.72. The molecule has 1 saturated heterocycles. The average Bonchev–Trinajstić information content (AvgIpc) is 4.11. The van der Waals surface area contributed by atoms with Crippen LogP contribution in [0.2, 0.25) is 10.3 Å². The number of aromatic nitrogens is 4. The summed E-state index contributed by atoms with van der Waals surface area (Å²) in [5.74, 6) is 0.406. The van der Waals surface area contributed by atoms with E-state index in [1.807, 2.05) is 62.8 Å². The smallest absolute Gasteiger partial charge is 0.465 e. The second-order valence-electron chi connectivity index (χ2n) is 17.3. The summed E-state index contributed by atoms with van der Waals surface area (Å²) in [6.45, 7) is 8.33. The summed E-state index contributed by atoms with van der Waals surface area (Å²) in [6, 6.07) is 19.2. The molecule has 0 spiro atoms.